The van der Waals surface area contributed by atoms with E-state index in [1.807, 2.05) is 61.5 Å². The molecule has 1 atom stereocenters. The molecule has 0 unspecified atom stereocenters. The van der Waals surface area contributed by atoms with Crippen molar-refractivity contribution in [3.63, 3.8) is 0 Å². The van der Waals surface area contributed by atoms with Crippen LogP contribution in [0, 0.1) is 0 Å². The van der Waals surface area contributed by atoms with E-state index in [2.05, 4.69) is 25.4 Å². The Morgan fingerprint density at radius 1 is 0.929 bits per heavy atom. The number of hydrogen-bond donors (Lipinski definition) is 2. The number of aromatic nitrogens is 5. The van der Waals surface area contributed by atoms with Gasteiger partial charge in [-0.15, -0.1) is 0 Å². The molecular formula is C21H20N6O. The Labute approximate surface area is 162 Å². The van der Waals surface area contributed by atoms with Gasteiger partial charge in [0.2, 0.25) is 0 Å². The molecule has 7 heteroatoms. The van der Waals surface area contributed by atoms with E-state index in [0.29, 0.717) is 11.4 Å². The summed E-state index contributed by atoms with van der Waals surface area (Å²) < 4.78 is 0. The van der Waals surface area contributed by atoms with Crippen molar-refractivity contribution in [3.05, 3.63) is 78.2 Å². The van der Waals surface area contributed by atoms with Gasteiger partial charge in [0.15, 0.2) is 0 Å². The van der Waals surface area contributed by atoms with Crippen molar-refractivity contribution in [3.8, 4) is 22.6 Å². The molecule has 0 saturated carbocycles. The summed E-state index contributed by atoms with van der Waals surface area (Å²) in [7, 11) is 1.76. The summed E-state index contributed by atoms with van der Waals surface area (Å²) in [4.78, 5) is 18.8. The molecule has 0 fully saturated rings. The first-order valence-corrected chi connectivity index (χ1v) is 8.98. The minimum absolute atomic E-state index is 0.155. The largest absolute Gasteiger partial charge is 0.332 e. The Morgan fingerprint density at radius 2 is 1.68 bits per heavy atom. The minimum Gasteiger partial charge on any atom is -0.332 e. The first-order chi connectivity index (χ1) is 13.6. The van der Waals surface area contributed by atoms with Crippen molar-refractivity contribution in [1.82, 2.24) is 30.3 Å². The van der Waals surface area contributed by atoms with Crippen molar-refractivity contribution in [2.75, 3.05) is 7.05 Å². The van der Waals surface area contributed by atoms with Crippen LogP contribution in [0.2, 0.25) is 0 Å². The second-order valence-corrected chi connectivity index (χ2v) is 6.55. The third kappa shape index (κ3) is 3.42. The average molecular weight is 372 g/mol. The number of benzene rings is 1. The van der Waals surface area contributed by atoms with Gasteiger partial charge in [0, 0.05) is 18.8 Å². The van der Waals surface area contributed by atoms with Gasteiger partial charge in [-0.25, -0.2) is 0 Å². The van der Waals surface area contributed by atoms with Crippen molar-refractivity contribution < 1.29 is 4.79 Å². The number of nitrogens with zero attached hydrogens (tertiary/aromatic N) is 4. The van der Waals surface area contributed by atoms with Crippen molar-refractivity contribution in [2.45, 2.75) is 13.0 Å². The van der Waals surface area contributed by atoms with Crippen LogP contribution < -0.4 is 0 Å². The minimum atomic E-state index is -0.181. The van der Waals surface area contributed by atoms with Crippen LogP contribution in [0.3, 0.4) is 0 Å². The van der Waals surface area contributed by atoms with Crippen LogP contribution in [0.25, 0.3) is 22.6 Å². The number of hydrogen-bond acceptors (Lipinski definition) is 4. The molecule has 3 heterocycles. The fourth-order valence-corrected chi connectivity index (χ4v) is 2.96. The zero-order chi connectivity index (χ0) is 19.5. The normalized spacial score (nSPS) is 11.9. The second kappa shape index (κ2) is 7.48. The number of aromatic amines is 2. The summed E-state index contributed by atoms with van der Waals surface area (Å²) >= 11 is 0. The SMILES string of the molecule is C[C@H](c1cc(-c2ccccc2)n[nH]1)N(C)C(=O)c1cc(-c2ccccn2)n[nH]1. The van der Waals surface area contributed by atoms with Gasteiger partial charge in [0.25, 0.3) is 5.91 Å². The Hall–Kier alpha value is -3.74. The fourth-order valence-electron chi connectivity index (χ4n) is 2.96. The summed E-state index contributed by atoms with van der Waals surface area (Å²) in [6.07, 6.45) is 1.70. The van der Waals surface area contributed by atoms with Gasteiger partial charge in [-0.05, 0) is 31.2 Å². The number of H-pyrrole nitrogens is 2. The van der Waals surface area contributed by atoms with Crippen LogP contribution in [0.15, 0.2) is 66.9 Å². The molecule has 2 N–H and O–H groups in total. The lowest BCUT2D eigenvalue weighted by molar-refractivity contribution is 0.0734. The number of carbonyl (C=O) groups is 1. The van der Waals surface area contributed by atoms with E-state index < -0.39 is 0 Å². The van der Waals surface area contributed by atoms with Crippen LogP contribution in [0.4, 0.5) is 0 Å². The molecule has 0 saturated heterocycles. The standard InChI is InChI=1S/C21H20N6O/c1-14(17-12-18(24-23-17)15-8-4-3-5-9-15)27(2)21(28)20-13-19(25-26-20)16-10-6-7-11-22-16/h3-14H,1-2H3,(H,23,24)(H,25,26)/t14-/m1/s1. The van der Waals surface area contributed by atoms with Gasteiger partial charge in [-0.3, -0.25) is 20.0 Å². The lowest BCUT2D eigenvalue weighted by atomic mass is 10.1. The first kappa shape index (κ1) is 17.7. The highest BCUT2D eigenvalue weighted by atomic mass is 16.2. The molecule has 28 heavy (non-hydrogen) atoms. The molecule has 0 aliphatic rings. The van der Waals surface area contributed by atoms with Gasteiger partial charge >= 0.3 is 0 Å². The van der Waals surface area contributed by atoms with Gasteiger partial charge < -0.3 is 4.90 Å². The highest BCUT2D eigenvalue weighted by molar-refractivity contribution is 5.93. The van der Waals surface area contributed by atoms with E-state index in [9.17, 15) is 4.79 Å². The summed E-state index contributed by atoms with van der Waals surface area (Å²) in [6, 6.07) is 19.0. The quantitative estimate of drug-likeness (QED) is 0.559. The summed E-state index contributed by atoms with van der Waals surface area (Å²) in [5.74, 6) is -0.155. The van der Waals surface area contributed by atoms with Crippen molar-refractivity contribution in [2.24, 2.45) is 0 Å². The van der Waals surface area contributed by atoms with E-state index >= 15 is 0 Å². The summed E-state index contributed by atoms with van der Waals surface area (Å²) in [5.41, 5.74) is 4.51. The summed E-state index contributed by atoms with van der Waals surface area (Å²) in [5, 5.41) is 14.4. The van der Waals surface area contributed by atoms with Gasteiger partial charge in [-0.2, -0.15) is 10.2 Å². The molecule has 4 aromatic rings. The van der Waals surface area contributed by atoms with E-state index in [1.54, 1.807) is 24.2 Å². The Balaban J connectivity index is 1.51. The Morgan fingerprint density at radius 3 is 2.43 bits per heavy atom. The topological polar surface area (TPSA) is 90.6 Å². The maximum Gasteiger partial charge on any atom is 0.272 e. The third-order valence-corrected chi connectivity index (χ3v) is 4.75. The molecule has 0 bridgehead atoms. The first-order valence-electron chi connectivity index (χ1n) is 8.98. The lowest BCUT2D eigenvalue weighted by Crippen LogP contribution is -2.30. The molecule has 1 amide bonds. The van der Waals surface area contributed by atoms with Gasteiger partial charge in [0.05, 0.1) is 23.1 Å². The number of rotatable bonds is 5. The van der Waals surface area contributed by atoms with Gasteiger partial charge in [-0.1, -0.05) is 36.4 Å². The van der Waals surface area contributed by atoms with E-state index in [0.717, 1.165) is 22.6 Å². The van der Waals surface area contributed by atoms with Crippen molar-refractivity contribution >= 4 is 5.91 Å². The van der Waals surface area contributed by atoms with Crippen LogP contribution >= 0.6 is 0 Å². The van der Waals surface area contributed by atoms with E-state index in [-0.39, 0.29) is 11.9 Å². The number of nitrogens with one attached hydrogen (secondary N) is 2. The van der Waals surface area contributed by atoms with Crippen LogP contribution in [-0.2, 0) is 0 Å². The molecule has 0 aliphatic heterocycles. The fraction of sp³-hybridized carbons (Fsp3) is 0.143. The molecule has 1 aromatic carbocycles. The molecule has 4 rings (SSSR count). The highest BCUT2D eigenvalue weighted by Crippen LogP contribution is 2.24. The van der Waals surface area contributed by atoms with Crippen molar-refractivity contribution in [1.29, 1.82) is 0 Å². The second-order valence-electron chi connectivity index (χ2n) is 6.55. The van der Waals surface area contributed by atoms with Crippen LogP contribution in [0.1, 0.15) is 29.1 Å². The zero-order valence-electron chi connectivity index (χ0n) is 15.6. The van der Waals surface area contributed by atoms with Crippen LogP contribution in [-0.4, -0.2) is 43.2 Å². The molecule has 0 radical (unpaired) electrons. The maximum atomic E-state index is 12.9. The molecule has 0 spiro atoms. The molecule has 3 aromatic heterocycles. The molecule has 0 aliphatic carbocycles. The highest BCUT2D eigenvalue weighted by Gasteiger charge is 2.22. The number of pyridine rings is 1. The van der Waals surface area contributed by atoms with Crippen LogP contribution in [0.5, 0.6) is 0 Å². The predicted molar refractivity (Wildman–Crippen MR) is 106 cm³/mol. The zero-order valence-corrected chi connectivity index (χ0v) is 15.6. The maximum absolute atomic E-state index is 12.9. The average Bonchev–Trinajstić information content (AvgIpc) is 3.44. The predicted octanol–water partition coefficient (Wildman–Crippen LogP) is 3.70. The third-order valence-electron chi connectivity index (χ3n) is 4.75. The van der Waals surface area contributed by atoms with E-state index in [1.165, 1.54) is 0 Å². The molecular weight excluding hydrogens is 352 g/mol. The monoisotopic (exact) mass is 372 g/mol. The summed E-state index contributed by atoms with van der Waals surface area (Å²) in [6.45, 7) is 1.95. The number of carbonyl (C=O) groups excluding carboxylic acids is 1. The molecule has 7 nitrogen and oxygen atoms in total. The van der Waals surface area contributed by atoms with E-state index in [4.69, 9.17) is 0 Å². The smallest absolute Gasteiger partial charge is 0.272 e. The Bertz CT molecular complexity index is 1070. The Kier molecular flexibility index (Phi) is 4.72. The van der Waals surface area contributed by atoms with Gasteiger partial charge in [0.1, 0.15) is 11.4 Å². The number of amides is 1. The lowest BCUT2D eigenvalue weighted by Gasteiger charge is -2.23. The molecule has 140 valence electrons.